The molecule has 1 amide bonds. The van der Waals surface area contributed by atoms with Crippen molar-refractivity contribution in [2.24, 2.45) is 0 Å². The van der Waals surface area contributed by atoms with Gasteiger partial charge in [0.1, 0.15) is 5.82 Å². The Kier molecular flexibility index (Phi) is 6.00. The number of carbonyl (C=O) groups excluding carboxylic acids is 1. The number of anilines is 1. The van der Waals surface area contributed by atoms with Gasteiger partial charge in [0.15, 0.2) is 11.5 Å². The van der Waals surface area contributed by atoms with E-state index < -0.39 is 0 Å². The number of benzene rings is 1. The molecule has 0 spiro atoms. The number of methoxy groups -OCH3 is 1. The molecule has 0 atom stereocenters. The second kappa shape index (κ2) is 8.19. The standard InChI is InChI=1S/C17H17ClN2O3/c1-3-23-14-11-12(10-13(18)17(14)22-2)7-8-16(21)20-15-6-4-5-9-19-15/h4-11H,3H2,1-2H3,(H,19,20,21). The molecule has 0 saturated heterocycles. The molecule has 1 aromatic carbocycles. The fourth-order valence-electron chi connectivity index (χ4n) is 1.92. The van der Waals surface area contributed by atoms with E-state index >= 15 is 0 Å². The summed E-state index contributed by atoms with van der Waals surface area (Å²) in [4.78, 5) is 15.9. The van der Waals surface area contributed by atoms with Crippen LogP contribution in [-0.4, -0.2) is 24.6 Å². The van der Waals surface area contributed by atoms with E-state index in [2.05, 4.69) is 10.3 Å². The third kappa shape index (κ3) is 4.72. The molecule has 2 rings (SSSR count). The lowest BCUT2D eigenvalue weighted by molar-refractivity contribution is -0.111. The van der Waals surface area contributed by atoms with Gasteiger partial charge in [-0.15, -0.1) is 0 Å². The maximum Gasteiger partial charge on any atom is 0.249 e. The van der Waals surface area contributed by atoms with Crippen LogP contribution in [0.4, 0.5) is 5.82 Å². The van der Waals surface area contributed by atoms with Crippen LogP contribution < -0.4 is 14.8 Å². The monoisotopic (exact) mass is 332 g/mol. The zero-order chi connectivity index (χ0) is 16.7. The van der Waals surface area contributed by atoms with Crippen molar-refractivity contribution < 1.29 is 14.3 Å². The Morgan fingerprint density at radius 1 is 1.39 bits per heavy atom. The number of halogens is 1. The Morgan fingerprint density at radius 3 is 2.87 bits per heavy atom. The van der Waals surface area contributed by atoms with E-state index in [0.717, 1.165) is 5.56 Å². The van der Waals surface area contributed by atoms with Gasteiger partial charge in [-0.2, -0.15) is 0 Å². The summed E-state index contributed by atoms with van der Waals surface area (Å²) >= 11 is 6.17. The summed E-state index contributed by atoms with van der Waals surface area (Å²) < 4.78 is 10.7. The fraction of sp³-hybridized carbons (Fsp3) is 0.176. The van der Waals surface area contributed by atoms with Gasteiger partial charge < -0.3 is 14.8 Å². The molecule has 0 aliphatic carbocycles. The molecular formula is C17H17ClN2O3. The van der Waals surface area contributed by atoms with Crippen molar-refractivity contribution in [2.75, 3.05) is 19.0 Å². The summed E-state index contributed by atoms with van der Waals surface area (Å²) in [6, 6.07) is 8.75. The van der Waals surface area contributed by atoms with Crippen LogP contribution in [0.25, 0.3) is 6.08 Å². The number of rotatable bonds is 6. The van der Waals surface area contributed by atoms with Crippen LogP contribution in [-0.2, 0) is 4.79 Å². The van der Waals surface area contributed by atoms with Crippen molar-refractivity contribution in [2.45, 2.75) is 6.92 Å². The number of amides is 1. The zero-order valence-corrected chi connectivity index (χ0v) is 13.6. The normalized spacial score (nSPS) is 10.6. The number of pyridine rings is 1. The molecule has 120 valence electrons. The van der Waals surface area contributed by atoms with E-state index in [0.29, 0.717) is 28.9 Å². The first-order valence-electron chi connectivity index (χ1n) is 7.04. The molecule has 1 heterocycles. The van der Waals surface area contributed by atoms with Crippen LogP contribution in [0.5, 0.6) is 11.5 Å². The first-order valence-corrected chi connectivity index (χ1v) is 7.42. The van der Waals surface area contributed by atoms with Crippen molar-refractivity contribution >= 4 is 29.4 Å². The molecule has 0 fully saturated rings. The van der Waals surface area contributed by atoms with Gasteiger partial charge in [0.05, 0.1) is 18.7 Å². The molecule has 2 aromatic rings. The van der Waals surface area contributed by atoms with E-state index in [1.165, 1.54) is 13.2 Å². The summed E-state index contributed by atoms with van der Waals surface area (Å²) in [6.45, 7) is 2.36. The van der Waals surface area contributed by atoms with Gasteiger partial charge in [-0.3, -0.25) is 4.79 Å². The molecule has 0 aliphatic rings. The number of hydrogen-bond acceptors (Lipinski definition) is 4. The average molecular weight is 333 g/mol. The Labute approximate surface area is 139 Å². The summed E-state index contributed by atoms with van der Waals surface area (Å²) in [5.74, 6) is 1.22. The third-order valence-corrected chi connectivity index (χ3v) is 3.16. The van der Waals surface area contributed by atoms with Gasteiger partial charge in [-0.25, -0.2) is 4.98 Å². The van der Waals surface area contributed by atoms with Crippen molar-refractivity contribution in [1.29, 1.82) is 0 Å². The van der Waals surface area contributed by atoms with Crippen LogP contribution in [0.2, 0.25) is 5.02 Å². The first kappa shape index (κ1) is 16.8. The van der Waals surface area contributed by atoms with E-state index in [1.807, 2.05) is 6.92 Å². The molecule has 5 nitrogen and oxygen atoms in total. The zero-order valence-electron chi connectivity index (χ0n) is 12.9. The predicted octanol–water partition coefficient (Wildman–Crippen LogP) is 3.79. The quantitative estimate of drug-likeness (QED) is 0.817. The van der Waals surface area contributed by atoms with Crippen LogP contribution >= 0.6 is 11.6 Å². The molecule has 1 N–H and O–H groups in total. The van der Waals surface area contributed by atoms with Gasteiger partial charge in [0.25, 0.3) is 0 Å². The number of nitrogens with zero attached hydrogens (tertiary/aromatic N) is 1. The van der Waals surface area contributed by atoms with Crippen LogP contribution in [0.15, 0.2) is 42.6 Å². The predicted molar refractivity (Wildman–Crippen MR) is 91.1 cm³/mol. The van der Waals surface area contributed by atoms with Crippen molar-refractivity contribution in [1.82, 2.24) is 4.98 Å². The lowest BCUT2D eigenvalue weighted by atomic mass is 10.2. The Hall–Kier alpha value is -2.53. The number of ether oxygens (including phenoxy) is 2. The lowest BCUT2D eigenvalue weighted by Gasteiger charge is -2.11. The lowest BCUT2D eigenvalue weighted by Crippen LogP contribution is -2.08. The topological polar surface area (TPSA) is 60.5 Å². The van der Waals surface area contributed by atoms with Crippen molar-refractivity contribution in [3.8, 4) is 11.5 Å². The molecule has 1 aromatic heterocycles. The number of hydrogen-bond donors (Lipinski definition) is 1. The third-order valence-electron chi connectivity index (χ3n) is 2.88. The smallest absolute Gasteiger partial charge is 0.249 e. The average Bonchev–Trinajstić information content (AvgIpc) is 2.54. The van der Waals surface area contributed by atoms with E-state index in [1.54, 1.807) is 42.6 Å². The van der Waals surface area contributed by atoms with Crippen molar-refractivity contribution in [3.63, 3.8) is 0 Å². The highest BCUT2D eigenvalue weighted by Gasteiger charge is 2.10. The molecule has 0 aliphatic heterocycles. The van der Waals surface area contributed by atoms with Gasteiger partial charge >= 0.3 is 0 Å². The molecule has 6 heteroatoms. The SMILES string of the molecule is CCOc1cc(C=CC(=O)Nc2ccccn2)cc(Cl)c1OC. The maximum absolute atomic E-state index is 11.9. The van der Waals surface area contributed by atoms with Crippen LogP contribution in [0.3, 0.4) is 0 Å². The molecule has 0 unspecified atom stereocenters. The van der Waals surface area contributed by atoms with Crippen LogP contribution in [0, 0.1) is 0 Å². The van der Waals surface area contributed by atoms with E-state index in [-0.39, 0.29) is 5.91 Å². The highest BCUT2D eigenvalue weighted by Crippen LogP contribution is 2.36. The molecule has 0 bridgehead atoms. The summed E-state index contributed by atoms with van der Waals surface area (Å²) in [7, 11) is 1.53. The second-order valence-corrected chi connectivity index (χ2v) is 4.91. The molecular weight excluding hydrogens is 316 g/mol. The van der Waals surface area contributed by atoms with Crippen molar-refractivity contribution in [3.05, 3.63) is 53.2 Å². The Morgan fingerprint density at radius 2 is 2.22 bits per heavy atom. The number of carbonyl (C=O) groups is 1. The van der Waals surface area contributed by atoms with Gasteiger partial charge in [-0.05, 0) is 42.8 Å². The minimum absolute atomic E-state index is 0.284. The number of aromatic nitrogens is 1. The van der Waals surface area contributed by atoms with Crippen LogP contribution in [0.1, 0.15) is 12.5 Å². The fourth-order valence-corrected chi connectivity index (χ4v) is 2.22. The highest BCUT2D eigenvalue weighted by molar-refractivity contribution is 6.32. The minimum atomic E-state index is -0.284. The summed E-state index contributed by atoms with van der Waals surface area (Å²) in [6.07, 6.45) is 4.66. The highest BCUT2D eigenvalue weighted by atomic mass is 35.5. The van der Waals surface area contributed by atoms with Gasteiger partial charge in [0.2, 0.25) is 5.91 Å². The van der Waals surface area contributed by atoms with E-state index in [4.69, 9.17) is 21.1 Å². The van der Waals surface area contributed by atoms with E-state index in [9.17, 15) is 4.79 Å². The van der Waals surface area contributed by atoms with Gasteiger partial charge in [-0.1, -0.05) is 17.7 Å². The van der Waals surface area contributed by atoms with Gasteiger partial charge in [0, 0.05) is 12.3 Å². The molecule has 0 saturated carbocycles. The second-order valence-electron chi connectivity index (χ2n) is 4.50. The Bertz CT molecular complexity index is 702. The molecule has 0 radical (unpaired) electrons. The molecule has 23 heavy (non-hydrogen) atoms. The largest absolute Gasteiger partial charge is 0.491 e. The first-order chi connectivity index (χ1) is 11.1. The summed E-state index contributed by atoms with van der Waals surface area (Å²) in [5.41, 5.74) is 0.732. The maximum atomic E-state index is 11.9. The Balaban J connectivity index is 2.14. The summed E-state index contributed by atoms with van der Waals surface area (Å²) in [5, 5.41) is 3.08. The minimum Gasteiger partial charge on any atom is -0.491 e. The number of nitrogens with one attached hydrogen (secondary N) is 1.